The van der Waals surface area contributed by atoms with Gasteiger partial charge < -0.3 is 10.2 Å². The zero-order valence-electron chi connectivity index (χ0n) is 23.1. The lowest BCUT2D eigenvalue weighted by Gasteiger charge is -2.39. The van der Waals surface area contributed by atoms with Crippen LogP contribution in [0.3, 0.4) is 0 Å². The smallest absolute Gasteiger partial charge is 0.256 e. The van der Waals surface area contributed by atoms with Crippen molar-refractivity contribution < 1.29 is 14.4 Å². The summed E-state index contributed by atoms with van der Waals surface area (Å²) < 4.78 is 0.788. The van der Waals surface area contributed by atoms with Gasteiger partial charge in [-0.15, -0.1) is 11.3 Å². The number of aromatic nitrogens is 2. The van der Waals surface area contributed by atoms with Gasteiger partial charge in [-0.2, -0.15) is 5.26 Å². The molecule has 1 N–H and O–H groups in total. The summed E-state index contributed by atoms with van der Waals surface area (Å²) in [6, 6.07) is 7.45. The van der Waals surface area contributed by atoms with Crippen LogP contribution in [0.5, 0.6) is 0 Å². The molecule has 202 valence electrons. The SMILES string of the molecule is Cc1cc(C#N)nc(-c2ccnc3cc(CN4C(=O)C(C)C(C)(C)C4=O)sc23)c1C(=O)N1CCNC(C)(C)C1. The number of amides is 3. The Morgan fingerprint density at radius 1 is 1.26 bits per heavy atom. The normalized spacial score (nSPS) is 20.5. The molecule has 0 saturated carbocycles. The van der Waals surface area contributed by atoms with Crippen molar-refractivity contribution in [2.75, 3.05) is 19.6 Å². The summed E-state index contributed by atoms with van der Waals surface area (Å²) in [6.07, 6.45) is 1.66. The van der Waals surface area contributed by atoms with Crippen LogP contribution in [0.25, 0.3) is 21.5 Å². The Balaban J connectivity index is 1.59. The Bertz CT molecular complexity index is 1570. The first-order chi connectivity index (χ1) is 18.3. The van der Waals surface area contributed by atoms with Crippen molar-refractivity contribution in [1.29, 1.82) is 5.26 Å². The molecule has 5 heterocycles. The van der Waals surface area contributed by atoms with E-state index in [2.05, 4.69) is 35.2 Å². The minimum absolute atomic E-state index is 0.125. The van der Waals surface area contributed by atoms with Gasteiger partial charge in [0.05, 0.1) is 33.4 Å². The monoisotopic (exact) mass is 544 g/mol. The van der Waals surface area contributed by atoms with Crippen LogP contribution < -0.4 is 5.32 Å². The van der Waals surface area contributed by atoms with Gasteiger partial charge in [-0.1, -0.05) is 20.8 Å². The standard InChI is InChI=1S/C29H32N6O3S/c1-16-11-18(13-30)33-23(22(16)26(37)34-10-9-32-28(3,4)15-34)20-7-8-31-21-12-19(39-24(20)21)14-35-25(36)17(2)29(5,6)27(35)38/h7-8,11-12,17,32H,9-10,14-15H2,1-6H3. The molecule has 0 spiro atoms. The average Bonchev–Trinajstić information content (AvgIpc) is 3.36. The van der Waals surface area contributed by atoms with E-state index >= 15 is 0 Å². The van der Waals surface area contributed by atoms with Gasteiger partial charge in [0.15, 0.2) is 0 Å². The summed E-state index contributed by atoms with van der Waals surface area (Å²) in [5.41, 5.74) is 2.24. The molecule has 10 heteroatoms. The van der Waals surface area contributed by atoms with Crippen LogP contribution in [0.15, 0.2) is 24.4 Å². The number of pyridine rings is 2. The molecule has 39 heavy (non-hydrogen) atoms. The molecule has 9 nitrogen and oxygen atoms in total. The zero-order chi connectivity index (χ0) is 28.3. The Morgan fingerprint density at radius 2 is 2.00 bits per heavy atom. The van der Waals surface area contributed by atoms with E-state index in [1.54, 1.807) is 39.1 Å². The Hall–Kier alpha value is -3.68. The number of nitrogens with zero attached hydrogens (tertiary/aromatic N) is 5. The molecule has 2 saturated heterocycles. The molecule has 2 aliphatic heterocycles. The summed E-state index contributed by atoms with van der Waals surface area (Å²) in [5, 5.41) is 13.1. The molecule has 5 rings (SSSR count). The van der Waals surface area contributed by atoms with Crippen LogP contribution in [0.1, 0.15) is 61.1 Å². The molecule has 0 aliphatic carbocycles. The van der Waals surface area contributed by atoms with Gasteiger partial charge in [-0.05, 0) is 44.5 Å². The lowest BCUT2D eigenvalue weighted by molar-refractivity contribution is -0.141. The van der Waals surface area contributed by atoms with E-state index in [9.17, 15) is 19.6 Å². The van der Waals surface area contributed by atoms with Crippen molar-refractivity contribution in [2.45, 2.75) is 53.6 Å². The predicted octanol–water partition coefficient (Wildman–Crippen LogP) is 3.89. The lowest BCUT2D eigenvalue weighted by Crippen LogP contribution is -2.58. The molecule has 0 radical (unpaired) electrons. The maximum absolute atomic E-state index is 13.9. The third kappa shape index (κ3) is 4.60. The van der Waals surface area contributed by atoms with E-state index in [1.807, 2.05) is 17.9 Å². The summed E-state index contributed by atoms with van der Waals surface area (Å²) >= 11 is 1.42. The molecular weight excluding hydrogens is 512 g/mol. The number of hydrogen-bond donors (Lipinski definition) is 1. The molecule has 2 aliphatic rings. The highest BCUT2D eigenvalue weighted by Crippen LogP contribution is 2.40. The number of hydrogen-bond acceptors (Lipinski definition) is 8. The quantitative estimate of drug-likeness (QED) is 0.495. The van der Waals surface area contributed by atoms with Crippen LogP contribution in [0.4, 0.5) is 0 Å². The van der Waals surface area contributed by atoms with Gasteiger partial charge in [-0.3, -0.25) is 24.3 Å². The van der Waals surface area contributed by atoms with Crippen LogP contribution in [-0.4, -0.2) is 62.7 Å². The van der Waals surface area contributed by atoms with Gasteiger partial charge in [0.2, 0.25) is 11.8 Å². The van der Waals surface area contributed by atoms with Gasteiger partial charge in [0.1, 0.15) is 11.8 Å². The topological polar surface area (TPSA) is 119 Å². The minimum atomic E-state index is -0.746. The molecule has 0 bridgehead atoms. The van der Waals surface area contributed by atoms with Gasteiger partial charge in [0, 0.05) is 47.7 Å². The first-order valence-electron chi connectivity index (χ1n) is 13.0. The van der Waals surface area contributed by atoms with E-state index < -0.39 is 11.3 Å². The van der Waals surface area contributed by atoms with E-state index in [4.69, 9.17) is 0 Å². The maximum Gasteiger partial charge on any atom is 0.256 e. The van der Waals surface area contributed by atoms with Crippen LogP contribution in [-0.2, 0) is 16.1 Å². The van der Waals surface area contributed by atoms with E-state index in [0.29, 0.717) is 47.5 Å². The number of nitriles is 1. The Labute approximate surface area is 231 Å². The fourth-order valence-electron chi connectivity index (χ4n) is 5.40. The van der Waals surface area contributed by atoms with E-state index in [0.717, 1.165) is 9.58 Å². The van der Waals surface area contributed by atoms with Gasteiger partial charge >= 0.3 is 0 Å². The largest absolute Gasteiger partial charge is 0.335 e. The van der Waals surface area contributed by atoms with Gasteiger partial charge in [-0.25, -0.2) is 4.98 Å². The van der Waals surface area contributed by atoms with Crippen LogP contribution in [0.2, 0.25) is 0 Å². The van der Waals surface area contributed by atoms with Crippen LogP contribution in [0, 0.1) is 29.6 Å². The molecule has 1 atom stereocenters. The first kappa shape index (κ1) is 26.9. The van der Waals surface area contributed by atoms with Crippen molar-refractivity contribution in [3.63, 3.8) is 0 Å². The molecule has 1 unspecified atom stereocenters. The Kier molecular flexibility index (Phi) is 6.56. The highest BCUT2D eigenvalue weighted by Gasteiger charge is 2.51. The van der Waals surface area contributed by atoms with Crippen molar-refractivity contribution in [3.05, 3.63) is 46.1 Å². The number of likely N-dealkylation sites (tertiary alicyclic amines) is 1. The molecule has 2 fully saturated rings. The number of piperazine rings is 1. The highest BCUT2D eigenvalue weighted by atomic mass is 32.1. The fraction of sp³-hybridized carbons (Fsp3) is 0.448. The third-order valence-electron chi connectivity index (χ3n) is 7.95. The molecule has 3 aromatic heterocycles. The number of carbonyl (C=O) groups excluding carboxylic acids is 3. The van der Waals surface area contributed by atoms with Crippen molar-refractivity contribution >= 4 is 39.3 Å². The van der Waals surface area contributed by atoms with E-state index in [-0.39, 0.29) is 35.5 Å². The summed E-state index contributed by atoms with van der Waals surface area (Å²) in [7, 11) is 0. The summed E-state index contributed by atoms with van der Waals surface area (Å²) in [4.78, 5) is 52.9. The summed E-state index contributed by atoms with van der Waals surface area (Å²) in [5.74, 6) is -0.879. The molecule has 3 amide bonds. The number of nitrogens with one attached hydrogen (secondary N) is 1. The number of imide groups is 1. The maximum atomic E-state index is 13.9. The van der Waals surface area contributed by atoms with Crippen LogP contribution >= 0.6 is 11.3 Å². The second-order valence-electron chi connectivity index (χ2n) is 11.7. The van der Waals surface area contributed by atoms with Crippen molar-refractivity contribution in [3.8, 4) is 17.3 Å². The fourth-order valence-corrected chi connectivity index (χ4v) is 6.52. The second-order valence-corrected chi connectivity index (χ2v) is 12.8. The second kappa shape index (κ2) is 9.50. The Morgan fingerprint density at radius 3 is 2.64 bits per heavy atom. The number of carbonyl (C=O) groups is 3. The van der Waals surface area contributed by atoms with Crippen molar-refractivity contribution in [1.82, 2.24) is 25.1 Å². The third-order valence-corrected chi connectivity index (χ3v) is 9.09. The van der Waals surface area contributed by atoms with Crippen molar-refractivity contribution in [2.24, 2.45) is 11.3 Å². The first-order valence-corrected chi connectivity index (χ1v) is 13.9. The number of aryl methyl sites for hydroxylation is 1. The zero-order valence-corrected chi connectivity index (χ0v) is 23.9. The molecular formula is C29H32N6O3S. The number of rotatable bonds is 4. The summed E-state index contributed by atoms with van der Waals surface area (Å²) in [6.45, 7) is 13.3. The predicted molar refractivity (Wildman–Crippen MR) is 149 cm³/mol. The van der Waals surface area contributed by atoms with Gasteiger partial charge in [0.25, 0.3) is 5.91 Å². The average molecular weight is 545 g/mol. The highest BCUT2D eigenvalue weighted by molar-refractivity contribution is 7.19. The lowest BCUT2D eigenvalue weighted by atomic mass is 9.82. The number of thiophene rings is 1. The molecule has 0 aromatic carbocycles. The minimum Gasteiger partial charge on any atom is -0.335 e. The number of fused-ring (bicyclic) bond motifs is 1. The van der Waals surface area contributed by atoms with E-state index in [1.165, 1.54) is 16.2 Å². The molecule has 3 aromatic rings.